The number of H-pyrrole nitrogens is 2. The predicted octanol–water partition coefficient (Wildman–Crippen LogP) is 6.31. The number of aromatic amines is 2. The monoisotopic (exact) mass is 611 g/mol. The van der Waals surface area contributed by atoms with E-state index in [2.05, 4.69) is 73.9 Å². The van der Waals surface area contributed by atoms with Crippen LogP contribution in [0.2, 0.25) is 0 Å². The third kappa shape index (κ3) is 7.42. The quantitative estimate of drug-likeness (QED) is 0.156. The molecule has 236 valence electrons. The van der Waals surface area contributed by atoms with Crippen LogP contribution in [0.25, 0.3) is 33.6 Å². The summed E-state index contributed by atoms with van der Waals surface area (Å²) in [6.07, 6.45) is 6.87. The lowest BCUT2D eigenvalue weighted by molar-refractivity contribution is -0.135. The zero-order valence-electron chi connectivity index (χ0n) is 26.2. The van der Waals surface area contributed by atoms with Crippen molar-refractivity contribution >= 4 is 23.9 Å². The Kier molecular flexibility index (Phi) is 9.96. The van der Waals surface area contributed by atoms with Gasteiger partial charge in [-0.25, -0.2) is 14.8 Å². The number of carbonyl (C=O) groups excluding carboxylic acids is 3. The van der Waals surface area contributed by atoms with E-state index in [1.807, 2.05) is 30.9 Å². The predicted molar refractivity (Wildman–Crippen MR) is 173 cm³/mol. The van der Waals surface area contributed by atoms with E-state index in [9.17, 15) is 14.4 Å². The second-order valence-electron chi connectivity index (χ2n) is 11.7. The number of nitrogens with one attached hydrogen (secondary N) is 4. The van der Waals surface area contributed by atoms with E-state index in [0.717, 1.165) is 65.1 Å². The largest absolute Gasteiger partial charge is 0.453 e. The summed E-state index contributed by atoms with van der Waals surface area (Å²) in [5.41, 5.74) is 5.81. The van der Waals surface area contributed by atoms with Crippen LogP contribution in [0.15, 0.2) is 60.9 Å². The van der Waals surface area contributed by atoms with Crippen LogP contribution in [-0.4, -0.2) is 62.4 Å². The number of likely N-dealkylation sites (tertiary alicyclic amines) is 1. The number of aromatic nitrogens is 4. The van der Waals surface area contributed by atoms with Gasteiger partial charge in [-0.1, -0.05) is 75.7 Å². The molecular weight excluding hydrogens is 570 g/mol. The van der Waals surface area contributed by atoms with Crippen LogP contribution < -0.4 is 10.6 Å². The van der Waals surface area contributed by atoms with E-state index in [4.69, 9.17) is 4.74 Å². The van der Waals surface area contributed by atoms with Crippen LogP contribution in [0.3, 0.4) is 0 Å². The molecular formula is C34H41N7O4. The van der Waals surface area contributed by atoms with E-state index in [1.165, 1.54) is 7.11 Å². The number of unbranched alkanes of at least 4 members (excludes halogenated alkanes) is 1. The Morgan fingerprint density at radius 2 is 1.53 bits per heavy atom. The molecule has 0 aliphatic carbocycles. The summed E-state index contributed by atoms with van der Waals surface area (Å²) < 4.78 is 4.73. The van der Waals surface area contributed by atoms with Gasteiger partial charge in [-0.2, -0.15) is 0 Å². The molecule has 3 amide bonds. The number of imidazole rings is 2. The molecule has 0 saturated carbocycles. The molecule has 45 heavy (non-hydrogen) atoms. The minimum Gasteiger partial charge on any atom is -0.453 e. The maximum Gasteiger partial charge on any atom is 0.407 e. The van der Waals surface area contributed by atoms with Crippen molar-refractivity contribution in [2.75, 3.05) is 19.0 Å². The Bertz CT molecular complexity index is 1610. The van der Waals surface area contributed by atoms with Crippen LogP contribution in [0.1, 0.15) is 64.7 Å². The summed E-state index contributed by atoms with van der Waals surface area (Å²) in [7, 11) is 1.29. The highest BCUT2D eigenvalue weighted by Crippen LogP contribution is 2.33. The van der Waals surface area contributed by atoms with Gasteiger partial charge >= 0.3 is 6.09 Å². The molecule has 2 aromatic heterocycles. The molecule has 11 heteroatoms. The van der Waals surface area contributed by atoms with Gasteiger partial charge in [0.1, 0.15) is 11.9 Å². The Morgan fingerprint density at radius 3 is 2.13 bits per heavy atom. The molecule has 3 heterocycles. The molecule has 4 N–H and O–H groups in total. The number of ether oxygens (including phenoxy) is 1. The van der Waals surface area contributed by atoms with Crippen LogP contribution in [-0.2, 0) is 14.3 Å². The first-order chi connectivity index (χ1) is 21.8. The first-order valence-electron chi connectivity index (χ1n) is 15.5. The average Bonchev–Trinajstić information content (AvgIpc) is 3.83. The van der Waals surface area contributed by atoms with E-state index >= 15 is 0 Å². The Morgan fingerprint density at radius 1 is 0.933 bits per heavy atom. The van der Waals surface area contributed by atoms with Crippen molar-refractivity contribution in [3.63, 3.8) is 0 Å². The molecule has 1 fully saturated rings. The lowest BCUT2D eigenvalue weighted by Gasteiger charge is -2.30. The van der Waals surface area contributed by atoms with E-state index in [1.54, 1.807) is 12.4 Å². The van der Waals surface area contributed by atoms with E-state index in [0.29, 0.717) is 18.9 Å². The molecule has 1 aliphatic heterocycles. The number of rotatable bonds is 11. The minimum atomic E-state index is -0.672. The Balaban J connectivity index is 1.24. The van der Waals surface area contributed by atoms with Gasteiger partial charge in [-0.15, -0.1) is 0 Å². The number of alkyl carbamates (subject to hydrolysis) is 1. The van der Waals surface area contributed by atoms with Crippen molar-refractivity contribution in [3.05, 3.63) is 66.7 Å². The second kappa shape index (κ2) is 14.2. The highest BCUT2D eigenvalue weighted by Gasteiger charge is 2.37. The summed E-state index contributed by atoms with van der Waals surface area (Å²) in [5.74, 6) is 0.929. The van der Waals surface area contributed by atoms with Crippen molar-refractivity contribution < 1.29 is 19.1 Å². The van der Waals surface area contributed by atoms with Gasteiger partial charge in [0.25, 0.3) is 0 Å². The highest BCUT2D eigenvalue weighted by atomic mass is 16.5. The van der Waals surface area contributed by atoms with Gasteiger partial charge in [-0.3, -0.25) is 14.9 Å². The molecule has 0 radical (unpaired) electrons. The van der Waals surface area contributed by atoms with E-state index in [-0.39, 0.29) is 23.8 Å². The van der Waals surface area contributed by atoms with Crippen molar-refractivity contribution in [3.8, 4) is 33.6 Å². The van der Waals surface area contributed by atoms with Crippen LogP contribution >= 0.6 is 0 Å². The number of hydrogen-bond donors (Lipinski definition) is 4. The van der Waals surface area contributed by atoms with Crippen molar-refractivity contribution in [2.24, 2.45) is 5.92 Å². The number of nitrogens with zero attached hydrogens (tertiary/aromatic N) is 3. The third-order valence-corrected chi connectivity index (χ3v) is 8.15. The highest BCUT2D eigenvalue weighted by molar-refractivity contribution is 5.89. The fraction of sp³-hybridized carbons (Fsp3) is 0.382. The molecule has 0 spiro atoms. The number of anilines is 1. The number of hydrogen-bond acceptors (Lipinski definition) is 6. The topological polar surface area (TPSA) is 145 Å². The summed E-state index contributed by atoms with van der Waals surface area (Å²) in [6.45, 7) is 6.47. The zero-order valence-corrected chi connectivity index (χ0v) is 26.2. The molecule has 0 unspecified atom stereocenters. The van der Waals surface area contributed by atoms with Gasteiger partial charge in [0.05, 0.1) is 36.9 Å². The summed E-state index contributed by atoms with van der Waals surface area (Å²) in [6, 6.07) is 15.6. The molecule has 2 atom stereocenters. The SMILES string of the molecule is CCCCC(=O)Nc1ncc(-c2ccc(-c3ccc(-c4cnc([C@@H]5CCCN5C(=O)[C@@H](NC(=O)OC)C(C)C)[nH]4)cc3)cc2)[nH]1. The lowest BCUT2D eigenvalue weighted by atomic mass is 10.0. The second-order valence-corrected chi connectivity index (χ2v) is 11.7. The van der Waals surface area contributed by atoms with Gasteiger partial charge in [0.2, 0.25) is 17.8 Å². The minimum absolute atomic E-state index is 0.0386. The molecule has 1 saturated heterocycles. The lowest BCUT2D eigenvalue weighted by Crippen LogP contribution is -2.51. The molecule has 4 aromatic rings. The number of methoxy groups -OCH3 is 1. The first-order valence-corrected chi connectivity index (χ1v) is 15.5. The third-order valence-electron chi connectivity index (χ3n) is 8.15. The number of carbonyl (C=O) groups is 3. The zero-order chi connectivity index (χ0) is 31.9. The number of amides is 3. The van der Waals surface area contributed by atoms with E-state index < -0.39 is 12.1 Å². The molecule has 5 rings (SSSR count). The van der Waals surface area contributed by atoms with Crippen LogP contribution in [0.4, 0.5) is 10.7 Å². The van der Waals surface area contributed by atoms with Crippen LogP contribution in [0, 0.1) is 5.92 Å². The standard InChI is InChI=1S/C34H41N7O4/c1-5-6-9-29(42)39-33-36-20-27(38-33)25-16-12-23(13-17-25)22-10-14-24(15-11-22)26-19-35-31(37-26)28-8-7-18-41(28)32(43)30(21(2)3)40-34(44)45-4/h10-17,19-21,28,30H,5-9,18H2,1-4H3,(H,35,37)(H,40,44)(H2,36,38,39,42)/t28-,30-/m0/s1. The molecule has 2 aromatic carbocycles. The summed E-state index contributed by atoms with van der Waals surface area (Å²) in [5, 5.41) is 5.50. The summed E-state index contributed by atoms with van der Waals surface area (Å²) >= 11 is 0. The van der Waals surface area contributed by atoms with Crippen LogP contribution in [0.5, 0.6) is 0 Å². The van der Waals surface area contributed by atoms with Gasteiger partial charge in [0, 0.05) is 13.0 Å². The average molecular weight is 612 g/mol. The number of benzene rings is 2. The summed E-state index contributed by atoms with van der Waals surface area (Å²) in [4.78, 5) is 54.7. The fourth-order valence-electron chi connectivity index (χ4n) is 5.59. The molecule has 1 aliphatic rings. The maximum absolute atomic E-state index is 13.4. The van der Waals surface area contributed by atoms with Crippen molar-refractivity contribution in [1.29, 1.82) is 0 Å². The Hall–Kier alpha value is -4.93. The maximum atomic E-state index is 13.4. The van der Waals surface area contributed by atoms with Crippen molar-refractivity contribution in [1.82, 2.24) is 30.2 Å². The van der Waals surface area contributed by atoms with Crippen molar-refractivity contribution in [2.45, 2.75) is 65.0 Å². The molecule has 11 nitrogen and oxygen atoms in total. The van der Waals surface area contributed by atoms with Gasteiger partial charge in [0.15, 0.2) is 0 Å². The molecule has 0 bridgehead atoms. The Labute approximate surface area is 263 Å². The van der Waals surface area contributed by atoms with Gasteiger partial charge < -0.3 is 24.9 Å². The normalized spacial score (nSPS) is 15.2. The first kappa shape index (κ1) is 31.5. The fourth-order valence-corrected chi connectivity index (χ4v) is 5.59. The van der Waals surface area contributed by atoms with Gasteiger partial charge in [-0.05, 0) is 47.4 Å². The smallest absolute Gasteiger partial charge is 0.407 e.